The van der Waals surface area contributed by atoms with Gasteiger partial charge in [0.2, 0.25) is 0 Å². The molecule has 1 N–H and O–H groups in total. The minimum Gasteiger partial charge on any atom is -0.351 e. The maximum atomic E-state index is 12.9. The highest BCUT2D eigenvalue weighted by atomic mass is 16.2. The van der Waals surface area contributed by atoms with Gasteiger partial charge in [0.25, 0.3) is 5.91 Å². The van der Waals surface area contributed by atoms with Gasteiger partial charge in [-0.2, -0.15) is 4.52 Å². The van der Waals surface area contributed by atoms with E-state index in [4.69, 9.17) is 0 Å². The maximum absolute atomic E-state index is 12.9. The van der Waals surface area contributed by atoms with Crippen molar-refractivity contribution in [3.8, 4) is 0 Å². The Labute approximate surface area is 154 Å². The van der Waals surface area contributed by atoms with Gasteiger partial charge < -0.3 is 14.8 Å². The van der Waals surface area contributed by atoms with E-state index in [2.05, 4.69) is 30.2 Å². The molecule has 0 unspecified atom stereocenters. The van der Waals surface area contributed by atoms with Gasteiger partial charge >= 0.3 is 0 Å². The van der Waals surface area contributed by atoms with Gasteiger partial charge in [0.05, 0.1) is 11.6 Å². The van der Waals surface area contributed by atoms with Crippen LogP contribution in [0.1, 0.15) is 16.2 Å². The summed E-state index contributed by atoms with van der Waals surface area (Å²) in [7, 11) is 1.85. The predicted octanol–water partition coefficient (Wildman–Crippen LogP) is 1.27. The van der Waals surface area contributed by atoms with Crippen LogP contribution in [0.2, 0.25) is 0 Å². The fourth-order valence-electron chi connectivity index (χ4n) is 3.43. The summed E-state index contributed by atoms with van der Waals surface area (Å²) in [4.78, 5) is 24.2. The number of carbonyl (C=O) groups is 1. The Hall–Kier alpha value is -3.49. The second kappa shape index (κ2) is 5.76. The number of anilines is 1. The molecular weight excluding hydrogens is 344 g/mol. The molecule has 0 radical (unpaired) electrons. The Kier molecular flexibility index (Phi) is 3.36. The van der Waals surface area contributed by atoms with Crippen LogP contribution in [0.5, 0.6) is 0 Å². The molecule has 9 nitrogen and oxygen atoms in total. The van der Waals surface area contributed by atoms with Gasteiger partial charge in [-0.15, -0.1) is 15.3 Å². The Morgan fingerprint density at radius 1 is 1.26 bits per heavy atom. The van der Waals surface area contributed by atoms with Gasteiger partial charge in [0.1, 0.15) is 11.5 Å². The molecule has 1 amide bonds. The highest BCUT2D eigenvalue weighted by molar-refractivity contribution is 6.06. The lowest BCUT2D eigenvalue weighted by Gasteiger charge is -2.44. The molecule has 0 atom stereocenters. The van der Waals surface area contributed by atoms with E-state index in [1.54, 1.807) is 21.8 Å². The first-order valence-corrected chi connectivity index (χ1v) is 8.75. The first-order valence-electron chi connectivity index (χ1n) is 8.75. The number of amides is 1. The van der Waals surface area contributed by atoms with Crippen molar-refractivity contribution >= 4 is 28.4 Å². The van der Waals surface area contributed by atoms with Gasteiger partial charge in [0.15, 0.2) is 11.5 Å². The molecule has 136 valence electrons. The summed E-state index contributed by atoms with van der Waals surface area (Å²) in [6.07, 6.45) is 3.44. The standard InChI is InChI=1S/C18H18N8O/c1-11-21-22-15-5-6-16(23-26(11)15)25-9-12(10-25)24(2)18(27)14-8-20-17-13(14)4-3-7-19-17/h3-8,12H,9-10H2,1-2H3,(H,19,20). The van der Waals surface area contributed by atoms with E-state index in [-0.39, 0.29) is 11.9 Å². The highest BCUT2D eigenvalue weighted by Gasteiger charge is 2.34. The predicted molar refractivity (Wildman–Crippen MR) is 99.7 cm³/mol. The summed E-state index contributed by atoms with van der Waals surface area (Å²) in [5.41, 5.74) is 2.11. The van der Waals surface area contributed by atoms with Crippen molar-refractivity contribution in [2.75, 3.05) is 25.0 Å². The minimum absolute atomic E-state index is 0.00281. The van der Waals surface area contributed by atoms with Crippen LogP contribution in [0.4, 0.5) is 5.82 Å². The number of aromatic nitrogens is 6. The summed E-state index contributed by atoms with van der Waals surface area (Å²) >= 11 is 0. The van der Waals surface area contributed by atoms with E-state index < -0.39 is 0 Å². The van der Waals surface area contributed by atoms with Gasteiger partial charge in [-0.1, -0.05) is 0 Å². The molecule has 1 aliphatic rings. The summed E-state index contributed by atoms with van der Waals surface area (Å²) < 4.78 is 1.73. The molecule has 5 heterocycles. The molecule has 4 aromatic heterocycles. The topological polar surface area (TPSA) is 95.3 Å². The number of rotatable bonds is 3. The third-order valence-electron chi connectivity index (χ3n) is 5.14. The molecular formula is C18H18N8O. The number of aromatic amines is 1. The van der Waals surface area contributed by atoms with Gasteiger partial charge in [-0.05, 0) is 31.2 Å². The Balaban J connectivity index is 1.32. The van der Waals surface area contributed by atoms with Crippen LogP contribution >= 0.6 is 0 Å². The molecule has 9 heteroatoms. The number of carbonyl (C=O) groups excluding carboxylic acids is 1. The van der Waals surface area contributed by atoms with Crippen molar-refractivity contribution in [2.24, 2.45) is 0 Å². The molecule has 0 aliphatic carbocycles. The number of H-pyrrole nitrogens is 1. The largest absolute Gasteiger partial charge is 0.351 e. The molecule has 1 saturated heterocycles. The molecule has 0 bridgehead atoms. The van der Waals surface area contributed by atoms with E-state index in [1.165, 1.54) is 0 Å². The van der Waals surface area contributed by atoms with Crippen LogP contribution in [-0.4, -0.2) is 66.8 Å². The van der Waals surface area contributed by atoms with Crippen LogP contribution in [0.3, 0.4) is 0 Å². The second-order valence-corrected chi connectivity index (χ2v) is 6.79. The first kappa shape index (κ1) is 15.7. The van der Waals surface area contributed by atoms with Crippen LogP contribution in [0.25, 0.3) is 16.7 Å². The van der Waals surface area contributed by atoms with Gasteiger partial charge in [0, 0.05) is 37.9 Å². The van der Waals surface area contributed by atoms with Crippen molar-refractivity contribution in [1.29, 1.82) is 0 Å². The average molecular weight is 362 g/mol. The number of nitrogens with one attached hydrogen (secondary N) is 1. The van der Waals surface area contributed by atoms with E-state index in [1.807, 2.05) is 38.2 Å². The Bertz CT molecular complexity index is 1160. The lowest BCUT2D eigenvalue weighted by molar-refractivity contribution is 0.0707. The molecule has 1 fully saturated rings. The Morgan fingerprint density at radius 2 is 2.11 bits per heavy atom. The van der Waals surface area contributed by atoms with Crippen LogP contribution in [0, 0.1) is 6.92 Å². The van der Waals surface area contributed by atoms with Crippen LogP contribution in [0.15, 0.2) is 36.7 Å². The smallest absolute Gasteiger partial charge is 0.256 e. The zero-order valence-electron chi connectivity index (χ0n) is 15.0. The molecule has 4 aromatic rings. The van der Waals surface area contributed by atoms with Crippen molar-refractivity contribution < 1.29 is 4.79 Å². The SMILES string of the molecule is Cc1nnc2ccc(N3CC(N(C)C(=O)c4c[nH]c5ncccc45)C3)nn12. The highest BCUT2D eigenvalue weighted by Crippen LogP contribution is 2.24. The minimum atomic E-state index is -0.00281. The molecule has 27 heavy (non-hydrogen) atoms. The van der Waals surface area contributed by atoms with Crippen LogP contribution in [-0.2, 0) is 0 Å². The maximum Gasteiger partial charge on any atom is 0.256 e. The molecule has 5 rings (SSSR count). The molecule has 1 aliphatic heterocycles. The van der Waals surface area contributed by atoms with Crippen molar-refractivity contribution in [1.82, 2.24) is 34.7 Å². The van der Waals surface area contributed by atoms with Crippen molar-refractivity contribution in [2.45, 2.75) is 13.0 Å². The summed E-state index contributed by atoms with van der Waals surface area (Å²) in [5, 5.41) is 13.5. The number of nitrogens with zero attached hydrogens (tertiary/aromatic N) is 7. The lowest BCUT2D eigenvalue weighted by Crippen LogP contribution is -2.60. The van der Waals surface area contributed by atoms with E-state index in [0.29, 0.717) is 5.56 Å². The molecule has 0 spiro atoms. The van der Waals surface area contributed by atoms with Crippen molar-refractivity contribution in [3.63, 3.8) is 0 Å². The fraction of sp³-hybridized carbons (Fsp3) is 0.278. The first-order chi connectivity index (χ1) is 13.1. The quantitative estimate of drug-likeness (QED) is 0.590. The normalized spacial score (nSPS) is 14.7. The number of hydrogen-bond donors (Lipinski definition) is 1. The Morgan fingerprint density at radius 3 is 2.96 bits per heavy atom. The van der Waals surface area contributed by atoms with E-state index in [9.17, 15) is 4.79 Å². The third kappa shape index (κ3) is 2.42. The average Bonchev–Trinajstić information content (AvgIpc) is 3.24. The molecule has 0 aromatic carbocycles. The lowest BCUT2D eigenvalue weighted by atomic mass is 10.1. The summed E-state index contributed by atoms with van der Waals surface area (Å²) in [6, 6.07) is 7.73. The van der Waals surface area contributed by atoms with Crippen molar-refractivity contribution in [3.05, 3.63) is 48.0 Å². The zero-order valence-corrected chi connectivity index (χ0v) is 15.0. The van der Waals surface area contributed by atoms with Gasteiger partial charge in [-0.25, -0.2) is 4.98 Å². The number of hydrogen-bond acceptors (Lipinski definition) is 6. The molecule has 0 saturated carbocycles. The fourth-order valence-corrected chi connectivity index (χ4v) is 3.43. The number of aryl methyl sites for hydroxylation is 1. The third-order valence-corrected chi connectivity index (χ3v) is 5.14. The monoisotopic (exact) mass is 362 g/mol. The number of fused-ring (bicyclic) bond motifs is 2. The van der Waals surface area contributed by atoms with Crippen LogP contribution < -0.4 is 4.90 Å². The summed E-state index contributed by atoms with van der Waals surface area (Å²) in [5.74, 6) is 1.61. The van der Waals surface area contributed by atoms with Gasteiger partial charge in [-0.3, -0.25) is 4.79 Å². The summed E-state index contributed by atoms with van der Waals surface area (Å²) in [6.45, 7) is 3.35. The zero-order chi connectivity index (χ0) is 18.5. The number of likely N-dealkylation sites (N-methyl/N-ethyl adjacent to an activating group) is 1. The second-order valence-electron chi connectivity index (χ2n) is 6.79. The van der Waals surface area contributed by atoms with E-state index >= 15 is 0 Å². The number of pyridine rings is 1. The van der Waals surface area contributed by atoms with E-state index in [0.717, 1.165) is 41.4 Å².